The predicted octanol–water partition coefficient (Wildman–Crippen LogP) is 5.51. The standard InChI is InChI=1S/C18H11Cl2F3N2O2/c19-12-5-10(6-13(20)8-12)9-25-16-7-11(18(21,22)23)1-2-14(16)15(24-25)3-4-17(26)27/h1-8H,9H2,(H,26,27)/b4-3+. The van der Waals surface area contributed by atoms with Crippen LogP contribution in [0.4, 0.5) is 13.2 Å². The van der Waals surface area contributed by atoms with Crippen molar-refractivity contribution in [3.8, 4) is 0 Å². The summed E-state index contributed by atoms with van der Waals surface area (Å²) in [6.07, 6.45) is -2.40. The van der Waals surface area contributed by atoms with Crippen LogP contribution in [0.2, 0.25) is 10.0 Å². The summed E-state index contributed by atoms with van der Waals surface area (Å²) in [5.41, 5.74) is 0.275. The molecule has 0 saturated heterocycles. The number of aromatic nitrogens is 2. The van der Waals surface area contributed by atoms with E-state index in [0.29, 0.717) is 21.0 Å². The summed E-state index contributed by atoms with van der Waals surface area (Å²) in [4.78, 5) is 10.8. The largest absolute Gasteiger partial charge is 0.478 e. The molecule has 0 bridgehead atoms. The zero-order valence-corrected chi connectivity index (χ0v) is 15.0. The van der Waals surface area contributed by atoms with E-state index in [4.69, 9.17) is 28.3 Å². The first kappa shape index (κ1) is 19.3. The fourth-order valence-electron chi connectivity index (χ4n) is 2.64. The maximum Gasteiger partial charge on any atom is 0.416 e. The van der Waals surface area contributed by atoms with Gasteiger partial charge >= 0.3 is 12.1 Å². The lowest BCUT2D eigenvalue weighted by Gasteiger charge is -2.08. The molecule has 27 heavy (non-hydrogen) atoms. The molecule has 0 unspecified atom stereocenters. The Morgan fingerprint density at radius 1 is 1.15 bits per heavy atom. The Morgan fingerprint density at radius 2 is 1.81 bits per heavy atom. The van der Waals surface area contributed by atoms with Crippen molar-refractivity contribution in [1.82, 2.24) is 9.78 Å². The van der Waals surface area contributed by atoms with Gasteiger partial charge in [0.15, 0.2) is 0 Å². The normalized spacial score (nSPS) is 12.2. The van der Waals surface area contributed by atoms with Gasteiger partial charge < -0.3 is 5.11 Å². The predicted molar refractivity (Wildman–Crippen MR) is 97.0 cm³/mol. The van der Waals surface area contributed by atoms with Gasteiger partial charge in [-0.2, -0.15) is 18.3 Å². The van der Waals surface area contributed by atoms with Gasteiger partial charge in [0.2, 0.25) is 0 Å². The highest BCUT2D eigenvalue weighted by atomic mass is 35.5. The van der Waals surface area contributed by atoms with E-state index in [1.165, 1.54) is 22.9 Å². The molecule has 0 aliphatic heterocycles. The number of alkyl halides is 3. The molecule has 2 aromatic carbocycles. The van der Waals surface area contributed by atoms with E-state index in [0.717, 1.165) is 18.2 Å². The van der Waals surface area contributed by atoms with Crippen LogP contribution in [-0.4, -0.2) is 20.9 Å². The molecule has 1 N–H and O–H groups in total. The topological polar surface area (TPSA) is 55.1 Å². The highest BCUT2D eigenvalue weighted by Gasteiger charge is 2.31. The van der Waals surface area contributed by atoms with E-state index in [2.05, 4.69) is 5.10 Å². The molecule has 4 nitrogen and oxygen atoms in total. The van der Waals surface area contributed by atoms with Gasteiger partial charge in [-0.25, -0.2) is 4.79 Å². The molecule has 1 aromatic heterocycles. The first-order valence-electron chi connectivity index (χ1n) is 7.57. The van der Waals surface area contributed by atoms with E-state index in [-0.39, 0.29) is 17.8 Å². The summed E-state index contributed by atoms with van der Waals surface area (Å²) in [6, 6.07) is 7.97. The maximum atomic E-state index is 13.1. The van der Waals surface area contributed by atoms with Crippen molar-refractivity contribution in [3.05, 3.63) is 69.3 Å². The summed E-state index contributed by atoms with van der Waals surface area (Å²) >= 11 is 11.9. The number of fused-ring (bicyclic) bond motifs is 1. The smallest absolute Gasteiger partial charge is 0.416 e. The minimum Gasteiger partial charge on any atom is -0.478 e. The number of hydrogen-bond donors (Lipinski definition) is 1. The summed E-state index contributed by atoms with van der Waals surface area (Å²) in [7, 11) is 0. The van der Waals surface area contributed by atoms with Gasteiger partial charge in [-0.1, -0.05) is 23.2 Å². The third kappa shape index (κ3) is 4.43. The van der Waals surface area contributed by atoms with Crippen LogP contribution in [0.1, 0.15) is 16.8 Å². The van der Waals surface area contributed by atoms with Crippen LogP contribution in [0.15, 0.2) is 42.5 Å². The van der Waals surface area contributed by atoms with Crippen LogP contribution in [0, 0.1) is 0 Å². The molecular weight excluding hydrogens is 404 g/mol. The van der Waals surface area contributed by atoms with Crippen molar-refractivity contribution < 1.29 is 23.1 Å². The van der Waals surface area contributed by atoms with E-state index in [9.17, 15) is 18.0 Å². The van der Waals surface area contributed by atoms with Crippen molar-refractivity contribution in [2.24, 2.45) is 0 Å². The molecule has 0 saturated carbocycles. The molecule has 0 radical (unpaired) electrons. The van der Waals surface area contributed by atoms with Crippen molar-refractivity contribution in [2.45, 2.75) is 12.7 Å². The molecule has 0 amide bonds. The molecule has 0 aliphatic rings. The van der Waals surface area contributed by atoms with Gasteiger partial charge in [-0.3, -0.25) is 4.68 Å². The Bertz CT molecular complexity index is 1040. The Kier molecular flexibility index (Phi) is 5.17. The monoisotopic (exact) mass is 414 g/mol. The number of aliphatic carboxylic acids is 1. The lowest BCUT2D eigenvalue weighted by molar-refractivity contribution is -0.137. The number of nitrogens with zero attached hydrogens (tertiary/aromatic N) is 2. The molecule has 0 atom stereocenters. The summed E-state index contributed by atoms with van der Waals surface area (Å²) in [6.45, 7) is 0.110. The SMILES string of the molecule is O=C(O)/C=C/c1nn(Cc2cc(Cl)cc(Cl)c2)c2cc(C(F)(F)F)ccc12. The first-order chi connectivity index (χ1) is 12.6. The first-order valence-corrected chi connectivity index (χ1v) is 8.33. The number of rotatable bonds is 4. The lowest BCUT2D eigenvalue weighted by atomic mass is 10.1. The Balaban J connectivity index is 2.15. The molecule has 140 valence electrons. The molecule has 3 rings (SSSR count). The highest BCUT2D eigenvalue weighted by molar-refractivity contribution is 6.34. The van der Waals surface area contributed by atoms with Gasteiger partial charge in [0, 0.05) is 21.5 Å². The summed E-state index contributed by atoms with van der Waals surface area (Å²) in [5.74, 6) is -1.19. The van der Waals surface area contributed by atoms with Crippen LogP contribution >= 0.6 is 23.2 Å². The average molecular weight is 415 g/mol. The minimum absolute atomic E-state index is 0.110. The lowest BCUT2D eigenvalue weighted by Crippen LogP contribution is -2.06. The average Bonchev–Trinajstić information content (AvgIpc) is 2.88. The number of carboxylic acids is 1. The quantitative estimate of drug-likeness (QED) is 0.572. The number of halogens is 5. The van der Waals surface area contributed by atoms with Crippen molar-refractivity contribution in [1.29, 1.82) is 0 Å². The van der Waals surface area contributed by atoms with Crippen molar-refractivity contribution >= 4 is 46.2 Å². The Labute approximate surface area is 161 Å². The van der Waals surface area contributed by atoms with Crippen LogP contribution in [0.25, 0.3) is 17.0 Å². The van der Waals surface area contributed by atoms with Crippen molar-refractivity contribution in [2.75, 3.05) is 0 Å². The Hall–Kier alpha value is -2.51. The van der Waals surface area contributed by atoms with Crippen LogP contribution in [-0.2, 0) is 17.5 Å². The van der Waals surface area contributed by atoms with Crippen LogP contribution in [0.5, 0.6) is 0 Å². The van der Waals surface area contributed by atoms with Gasteiger partial charge in [0.25, 0.3) is 0 Å². The molecule has 3 aromatic rings. The zero-order chi connectivity index (χ0) is 19.8. The summed E-state index contributed by atoms with van der Waals surface area (Å²) < 4.78 is 40.6. The number of benzene rings is 2. The molecule has 9 heteroatoms. The third-order valence-corrected chi connectivity index (χ3v) is 4.18. The van der Waals surface area contributed by atoms with Crippen LogP contribution < -0.4 is 0 Å². The second kappa shape index (κ2) is 7.25. The maximum absolute atomic E-state index is 13.1. The minimum atomic E-state index is -4.51. The molecule has 0 spiro atoms. The fourth-order valence-corrected chi connectivity index (χ4v) is 3.22. The van der Waals surface area contributed by atoms with Gasteiger partial charge in [-0.15, -0.1) is 0 Å². The molecular formula is C18H11Cl2F3N2O2. The third-order valence-electron chi connectivity index (χ3n) is 3.75. The van der Waals surface area contributed by atoms with Crippen LogP contribution in [0.3, 0.4) is 0 Å². The van der Waals surface area contributed by atoms with Gasteiger partial charge in [0.05, 0.1) is 23.3 Å². The second-order valence-corrected chi connectivity index (χ2v) is 6.59. The van der Waals surface area contributed by atoms with Gasteiger partial charge in [0.1, 0.15) is 0 Å². The zero-order valence-electron chi connectivity index (χ0n) is 13.5. The fraction of sp³-hybridized carbons (Fsp3) is 0.111. The molecule has 0 fully saturated rings. The summed E-state index contributed by atoms with van der Waals surface area (Å²) in [5, 5.41) is 14.2. The number of carbonyl (C=O) groups is 1. The van der Waals surface area contributed by atoms with E-state index in [1.54, 1.807) is 12.1 Å². The second-order valence-electron chi connectivity index (χ2n) is 5.72. The molecule has 1 heterocycles. The van der Waals surface area contributed by atoms with Crippen molar-refractivity contribution in [3.63, 3.8) is 0 Å². The van der Waals surface area contributed by atoms with E-state index >= 15 is 0 Å². The number of carboxylic acid groups (broad SMARTS) is 1. The Morgan fingerprint density at radius 3 is 2.41 bits per heavy atom. The van der Waals surface area contributed by atoms with Gasteiger partial charge in [-0.05, 0) is 48.0 Å². The van der Waals surface area contributed by atoms with E-state index < -0.39 is 17.7 Å². The highest BCUT2D eigenvalue weighted by Crippen LogP contribution is 2.33. The molecule has 0 aliphatic carbocycles. The van der Waals surface area contributed by atoms with E-state index in [1.807, 2.05) is 0 Å². The number of hydrogen-bond acceptors (Lipinski definition) is 2.